The summed E-state index contributed by atoms with van der Waals surface area (Å²) in [6.45, 7) is 9.39. The molecule has 1 atom stereocenters. The van der Waals surface area contributed by atoms with Gasteiger partial charge in [-0.15, -0.1) is 0 Å². The number of hydrogen-bond acceptors (Lipinski definition) is 9. The molecule has 0 saturated carbocycles. The van der Waals surface area contributed by atoms with Crippen LogP contribution in [-0.4, -0.2) is 67.6 Å². The molecule has 4 rings (SSSR count). The first-order valence-corrected chi connectivity index (χ1v) is 13.8. The zero-order chi connectivity index (χ0) is 29.5. The van der Waals surface area contributed by atoms with Crippen LogP contribution in [0.5, 0.6) is 0 Å². The van der Waals surface area contributed by atoms with Crippen LogP contribution in [0, 0.1) is 10.1 Å². The number of carbonyl (C=O) groups excluding carboxylic acids is 2. The Morgan fingerprint density at radius 3 is 2.41 bits per heavy atom. The van der Waals surface area contributed by atoms with Crippen molar-refractivity contribution >= 4 is 34.9 Å². The minimum absolute atomic E-state index is 0.147. The molecule has 1 fully saturated rings. The number of carbonyl (C=O) groups is 2. The number of halogens is 1. The van der Waals surface area contributed by atoms with Crippen molar-refractivity contribution in [1.82, 2.24) is 15.7 Å². The maximum Gasteiger partial charge on any atom is 0.336 e. The lowest BCUT2D eigenvalue weighted by Gasteiger charge is -2.36. The normalized spacial score (nSPS) is 17.8. The van der Waals surface area contributed by atoms with Crippen LogP contribution in [0.1, 0.15) is 32.3 Å². The van der Waals surface area contributed by atoms with Gasteiger partial charge >= 0.3 is 5.97 Å². The molecule has 0 aromatic heterocycles. The van der Waals surface area contributed by atoms with Crippen LogP contribution in [-0.2, 0) is 19.2 Å². The van der Waals surface area contributed by atoms with Crippen molar-refractivity contribution in [2.24, 2.45) is 0 Å². The van der Waals surface area contributed by atoms with Crippen molar-refractivity contribution in [3.63, 3.8) is 0 Å². The van der Waals surface area contributed by atoms with Crippen molar-refractivity contribution in [1.29, 1.82) is 0 Å². The number of nitrogens with zero attached hydrogens (tertiary/aromatic N) is 3. The highest BCUT2D eigenvalue weighted by Crippen LogP contribution is 2.39. The predicted octanol–water partition coefficient (Wildman–Crippen LogP) is 3.92. The molecule has 218 valence electrons. The van der Waals surface area contributed by atoms with Crippen LogP contribution < -0.4 is 15.7 Å². The largest absolute Gasteiger partial charge is 0.461 e. The number of anilines is 1. The van der Waals surface area contributed by atoms with Gasteiger partial charge in [0, 0.05) is 67.0 Å². The fourth-order valence-corrected chi connectivity index (χ4v) is 5.26. The number of hydrogen-bond donors (Lipinski definition) is 2. The Hall–Kier alpha value is -3.93. The number of nitro benzene ring substituents is 1. The van der Waals surface area contributed by atoms with E-state index >= 15 is 0 Å². The molecule has 11 nitrogen and oxygen atoms in total. The molecule has 2 aliphatic heterocycles. The summed E-state index contributed by atoms with van der Waals surface area (Å²) in [6.07, 6.45) is 0. The molecule has 2 N–H and O–H groups in total. The van der Waals surface area contributed by atoms with Gasteiger partial charge in [0.15, 0.2) is 0 Å². The molecule has 2 aromatic carbocycles. The number of piperazine rings is 1. The van der Waals surface area contributed by atoms with Gasteiger partial charge in [-0.3, -0.25) is 24.6 Å². The third-order valence-electron chi connectivity index (χ3n) is 7.15. The van der Waals surface area contributed by atoms with Crippen molar-refractivity contribution in [2.45, 2.75) is 26.7 Å². The number of ether oxygens (including phenoxy) is 1. The van der Waals surface area contributed by atoms with Gasteiger partial charge in [0.05, 0.1) is 28.6 Å². The summed E-state index contributed by atoms with van der Waals surface area (Å²) in [4.78, 5) is 47.3. The number of esters is 1. The van der Waals surface area contributed by atoms with E-state index in [0.29, 0.717) is 28.5 Å². The van der Waals surface area contributed by atoms with Crippen molar-refractivity contribution in [2.75, 3.05) is 50.8 Å². The minimum atomic E-state index is -0.896. The second kappa shape index (κ2) is 13.6. The van der Waals surface area contributed by atoms with Gasteiger partial charge in [-0.25, -0.2) is 10.3 Å². The SMILES string of the molecule is CCONC(=O)C1=C(C)NC(C)=C(C(=O)OCCN2CCN(c3ccc(Cl)cc3)CC2)C1c1cccc([N+](=O)[O-])c1. The first kappa shape index (κ1) is 30.0. The monoisotopic (exact) mass is 583 g/mol. The molecule has 0 spiro atoms. The van der Waals surface area contributed by atoms with E-state index in [0.717, 1.165) is 31.9 Å². The van der Waals surface area contributed by atoms with Crippen LogP contribution in [0.4, 0.5) is 11.4 Å². The summed E-state index contributed by atoms with van der Waals surface area (Å²) in [5.74, 6) is -2.04. The zero-order valence-electron chi connectivity index (χ0n) is 23.3. The number of rotatable bonds is 10. The van der Waals surface area contributed by atoms with Gasteiger partial charge in [0.2, 0.25) is 0 Å². The second-order valence-corrected chi connectivity index (χ2v) is 10.2. The summed E-state index contributed by atoms with van der Waals surface area (Å²) in [7, 11) is 0. The molecular weight excluding hydrogens is 550 g/mol. The van der Waals surface area contributed by atoms with Crippen molar-refractivity contribution in [3.8, 4) is 0 Å². The molecule has 2 aliphatic rings. The number of amides is 1. The molecule has 41 heavy (non-hydrogen) atoms. The van der Waals surface area contributed by atoms with E-state index in [-0.39, 0.29) is 30.0 Å². The summed E-state index contributed by atoms with van der Waals surface area (Å²) < 4.78 is 5.73. The highest BCUT2D eigenvalue weighted by atomic mass is 35.5. The second-order valence-electron chi connectivity index (χ2n) is 9.79. The molecule has 1 saturated heterocycles. The molecule has 1 amide bonds. The summed E-state index contributed by atoms with van der Waals surface area (Å²) in [5, 5.41) is 15.3. The third kappa shape index (κ3) is 7.24. The number of nitrogens with one attached hydrogen (secondary N) is 2. The molecule has 1 unspecified atom stereocenters. The molecule has 0 bridgehead atoms. The fourth-order valence-electron chi connectivity index (χ4n) is 5.14. The lowest BCUT2D eigenvalue weighted by Crippen LogP contribution is -2.47. The summed E-state index contributed by atoms with van der Waals surface area (Å²) in [5.41, 5.74) is 5.22. The lowest BCUT2D eigenvalue weighted by molar-refractivity contribution is -0.384. The summed E-state index contributed by atoms with van der Waals surface area (Å²) >= 11 is 6.01. The van der Waals surface area contributed by atoms with Crippen molar-refractivity contribution in [3.05, 3.63) is 91.8 Å². The third-order valence-corrected chi connectivity index (χ3v) is 7.41. The van der Waals surface area contributed by atoms with E-state index in [9.17, 15) is 19.7 Å². The Balaban J connectivity index is 1.47. The smallest absolute Gasteiger partial charge is 0.336 e. The summed E-state index contributed by atoms with van der Waals surface area (Å²) in [6, 6.07) is 13.7. The van der Waals surface area contributed by atoms with Gasteiger partial charge in [0.1, 0.15) is 6.61 Å². The molecule has 0 aliphatic carbocycles. The minimum Gasteiger partial charge on any atom is -0.461 e. The Kier molecular flexibility index (Phi) is 9.98. The average molecular weight is 584 g/mol. The van der Waals surface area contributed by atoms with Gasteiger partial charge < -0.3 is 15.0 Å². The Morgan fingerprint density at radius 1 is 1.07 bits per heavy atom. The first-order valence-electron chi connectivity index (χ1n) is 13.4. The van der Waals surface area contributed by atoms with Crippen LogP contribution in [0.3, 0.4) is 0 Å². The van der Waals surface area contributed by atoms with Crippen LogP contribution in [0.25, 0.3) is 0 Å². The zero-order valence-corrected chi connectivity index (χ0v) is 24.1. The van der Waals surface area contributed by atoms with E-state index in [1.54, 1.807) is 26.8 Å². The molecule has 0 radical (unpaired) electrons. The maximum atomic E-state index is 13.5. The van der Waals surface area contributed by atoms with E-state index in [4.69, 9.17) is 21.2 Å². The molecular formula is C29H34ClN5O6. The van der Waals surface area contributed by atoms with Gasteiger partial charge in [-0.05, 0) is 50.6 Å². The molecule has 2 aromatic rings. The van der Waals surface area contributed by atoms with Crippen LogP contribution in [0.15, 0.2) is 71.1 Å². The molecule has 12 heteroatoms. The quantitative estimate of drug-likeness (QED) is 0.243. The van der Waals surface area contributed by atoms with E-state index in [1.165, 1.54) is 18.2 Å². The number of benzene rings is 2. The van der Waals surface area contributed by atoms with Gasteiger partial charge in [0.25, 0.3) is 11.6 Å². The van der Waals surface area contributed by atoms with Crippen LogP contribution in [0.2, 0.25) is 5.02 Å². The Morgan fingerprint density at radius 2 is 1.76 bits per heavy atom. The first-order chi connectivity index (χ1) is 19.7. The van der Waals surface area contributed by atoms with Crippen molar-refractivity contribution < 1.29 is 24.1 Å². The molecule has 2 heterocycles. The van der Waals surface area contributed by atoms with Gasteiger partial charge in [-0.1, -0.05) is 23.7 Å². The predicted molar refractivity (Wildman–Crippen MR) is 155 cm³/mol. The lowest BCUT2D eigenvalue weighted by atomic mass is 9.80. The topological polar surface area (TPSA) is 126 Å². The standard InChI is InChI=1S/C29H34ClN5O6/c1-4-41-32-28(36)25-19(2)31-20(3)26(27(25)21-6-5-7-24(18-21)35(38)39)29(37)40-17-16-33-12-14-34(15-13-33)23-10-8-22(30)9-11-23/h5-11,18,27,31H,4,12-17H2,1-3H3,(H,32,36). The van der Waals surface area contributed by atoms with E-state index in [2.05, 4.69) is 20.6 Å². The van der Waals surface area contributed by atoms with E-state index < -0.39 is 22.7 Å². The highest BCUT2D eigenvalue weighted by molar-refractivity contribution is 6.30. The fraction of sp³-hybridized carbons (Fsp3) is 0.379. The number of non-ortho nitro benzene ring substituents is 1. The number of dihydropyridines is 1. The van der Waals surface area contributed by atoms with E-state index in [1.807, 2.05) is 24.3 Å². The number of allylic oxidation sites excluding steroid dienone is 2. The van der Waals surface area contributed by atoms with Crippen LogP contribution >= 0.6 is 11.6 Å². The number of nitro groups is 1. The number of hydroxylamine groups is 1. The maximum absolute atomic E-state index is 13.5. The highest BCUT2D eigenvalue weighted by Gasteiger charge is 2.38. The average Bonchev–Trinajstić information content (AvgIpc) is 2.96. The Labute approximate surface area is 243 Å². The Bertz CT molecular complexity index is 1350. The van der Waals surface area contributed by atoms with Gasteiger partial charge in [-0.2, -0.15) is 0 Å².